The van der Waals surface area contributed by atoms with Crippen LogP contribution >= 0.6 is 0 Å². The van der Waals surface area contributed by atoms with Gasteiger partial charge in [0.15, 0.2) is 9.84 Å². The normalized spacial score (nSPS) is 11.3. The summed E-state index contributed by atoms with van der Waals surface area (Å²) in [4.78, 5) is 11.8. The molecule has 0 N–H and O–H groups in total. The third-order valence-corrected chi connectivity index (χ3v) is 3.95. The standard InChI is InChI=1S/C15H14O4S/c1-10(2)15(16)19-13-8-9-14(20(3,17)18)12-7-5-4-6-11(12)13/h4-9H,1H2,2-3H3. The number of benzene rings is 2. The molecule has 0 aromatic heterocycles. The van der Waals surface area contributed by atoms with E-state index in [0.717, 1.165) is 6.26 Å². The van der Waals surface area contributed by atoms with E-state index in [1.165, 1.54) is 12.1 Å². The molecule has 0 fully saturated rings. The second kappa shape index (κ2) is 5.09. The highest BCUT2D eigenvalue weighted by atomic mass is 32.2. The lowest BCUT2D eigenvalue weighted by atomic mass is 10.1. The second-order valence-corrected chi connectivity index (χ2v) is 6.53. The van der Waals surface area contributed by atoms with Gasteiger partial charge in [-0.15, -0.1) is 0 Å². The minimum atomic E-state index is -3.35. The predicted molar refractivity (Wildman–Crippen MR) is 77.5 cm³/mol. The van der Waals surface area contributed by atoms with Crippen LogP contribution in [-0.4, -0.2) is 20.6 Å². The van der Waals surface area contributed by atoms with Crippen LogP contribution in [0.4, 0.5) is 0 Å². The fourth-order valence-electron chi connectivity index (χ4n) is 1.84. The van der Waals surface area contributed by atoms with Crippen molar-refractivity contribution in [3.63, 3.8) is 0 Å². The van der Waals surface area contributed by atoms with Crippen molar-refractivity contribution < 1.29 is 17.9 Å². The molecule has 0 aliphatic heterocycles. The number of esters is 1. The molecule has 2 rings (SSSR count). The van der Waals surface area contributed by atoms with Crippen LogP contribution in [-0.2, 0) is 14.6 Å². The number of rotatable bonds is 3. The van der Waals surface area contributed by atoms with Gasteiger partial charge in [-0.05, 0) is 19.1 Å². The smallest absolute Gasteiger partial charge is 0.338 e. The fraction of sp³-hybridized carbons (Fsp3) is 0.133. The number of sulfone groups is 1. The zero-order valence-corrected chi connectivity index (χ0v) is 12.0. The van der Waals surface area contributed by atoms with E-state index in [2.05, 4.69) is 6.58 Å². The summed E-state index contributed by atoms with van der Waals surface area (Å²) in [5, 5.41) is 1.10. The average Bonchev–Trinajstić information content (AvgIpc) is 2.37. The Morgan fingerprint density at radius 3 is 2.25 bits per heavy atom. The van der Waals surface area contributed by atoms with Crippen LogP contribution in [0.15, 0.2) is 53.4 Å². The summed E-state index contributed by atoms with van der Waals surface area (Å²) in [6, 6.07) is 9.82. The van der Waals surface area contributed by atoms with Gasteiger partial charge in [0.25, 0.3) is 0 Å². The summed E-state index contributed by atoms with van der Waals surface area (Å²) < 4.78 is 28.8. The van der Waals surface area contributed by atoms with Crippen molar-refractivity contribution in [1.29, 1.82) is 0 Å². The first-order valence-electron chi connectivity index (χ1n) is 5.90. The Hall–Kier alpha value is -2.14. The summed E-state index contributed by atoms with van der Waals surface area (Å²) in [5.41, 5.74) is 0.279. The molecular weight excluding hydrogens is 276 g/mol. The topological polar surface area (TPSA) is 60.4 Å². The molecule has 0 heterocycles. The molecular formula is C15H14O4S. The van der Waals surface area contributed by atoms with E-state index in [9.17, 15) is 13.2 Å². The Morgan fingerprint density at radius 1 is 1.10 bits per heavy atom. The molecule has 0 amide bonds. The quantitative estimate of drug-likeness (QED) is 0.495. The summed E-state index contributed by atoms with van der Waals surface area (Å²) in [5.74, 6) is -0.219. The van der Waals surface area contributed by atoms with Gasteiger partial charge in [-0.2, -0.15) is 0 Å². The highest BCUT2D eigenvalue weighted by Crippen LogP contribution is 2.31. The summed E-state index contributed by atoms with van der Waals surface area (Å²) in [6.45, 7) is 5.07. The van der Waals surface area contributed by atoms with Gasteiger partial charge >= 0.3 is 5.97 Å². The number of fused-ring (bicyclic) bond motifs is 1. The van der Waals surface area contributed by atoms with Gasteiger partial charge in [-0.1, -0.05) is 30.8 Å². The highest BCUT2D eigenvalue weighted by Gasteiger charge is 2.16. The van der Waals surface area contributed by atoms with Crippen LogP contribution in [0.5, 0.6) is 5.75 Å². The number of hydrogen-bond acceptors (Lipinski definition) is 4. The highest BCUT2D eigenvalue weighted by molar-refractivity contribution is 7.91. The van der Waals surface area contributed by atoms with E-state index in [1.54, 1.807) is 31.2 Å². The van der Waals surface area contributed by atoms with Crippen molar-refractivity contribution in [3.05, 3.63) is 48.6 Å². The van der Waals surface area contributed by atoms with Crippen LogP contribution in [0, 0.1) is 0 Å². The van der Waals surface area contributed by atoms with Gasteiger partial charge < -0.3 is 4.74 Å². The van der Waals surface area contributed by atoms with E-state index >= 15 is 0 Å². The summed E-state index contributed by atoms with van der Waals surface area (Å²) in [7, 11) is -3.35. The monoisotopic (exact) mass is 290 g/mol. The number of carbonyl (C=O) groups excluding carboxylic acids is 1. The average molecular weight is 290 g/mol. The Balaban J connectivity index is 2.66. The fourth-order valence-corrected chi connectivity index (χ4v) is 2.74. The third-order valence-electron chi connectivity index (χ3n) is 2.79. The first kappa shape index (κ1) is 14.3. The largest absolute Gasteiger partial charge is 0.423 e. The first-order chi connectivity index (χ1) is 9.30. The van der Waals surface area contributed by atoms with Gasteiger partial charge in [-0.25, -0.2) is 13.2 Å². The van der Waals surface area contributed by atoms with Crippen LogP contribution in [0.3, 0.4) is 0 Å². The maximum Gasteiger partial charge on any atom is 0.338 e. The molecule has 0 saturated heterocycles. The maximum absolute atomic E-state index is 11.8. The Morgan fingerprint density at radius 2 is 1.70 bits per heavy atom. The summed E-state index contributed by atoms with van der Waals surface area (Å²) >= 11 is 0. The van der Waals surface area contributed by atoms with Gasteiger partial charge in [0, 0.05) is 22.6 Å². The van der Waals surface area contributed by atoms with E-state index in [0.29, 0.717) is 16.5 Å². The number of carbonyl (C=O) groups is 1. The van der Waals surface area contributed by atoms with Crippen molar-refractivity contribution in [2.45, 2.75) is 11.8 Å². The van der Waals surface area contributed by atoms with Crippen molar-refractivity contribution >= 4 is 26.6 Å². The molecule has 2 aromatic rings. The van der Waals surface area contributed by atoms with Crippen molar-refractivity contribution in [2.24, 2.45) is 0 Å². The SMILES string of the molecule is C=C(C)C(=O)Oc1ccc(S(C)(=O)=O)c2ccccc12. The molecule has 0 saturated carbocycles. The van der Waals surface area contributed by atoms with Crippen LogP contribution < -0.4 is 4.74 Å². The Kier molecular flexibility index (Phi) is 3.63. The van der Waals surface area contributed by atoms with E-state index < -0.39 is 15.8 Å². The van der Waals surface area contributed by atoms with Crippen LogP contribution in [0.1, 0.15) is 6.92 Å². The minimum absolute atomic E-state index is 0.211. The lowest BCUT2D eigenvalue weighted by Gasteiger charge is -2.10. The lowest BCUT2D eigenvalue weighted by Crippen LogP contribution is -2.09. The van der Waals surface area contributed by atoms with Gasteiger partial charge in [-0.3, -0.25) is 0 Å². The zero-order chi connectivity index (χ0) is 14.9. The van der Waals surface area contributed by atoms with Gasteiger partial charge in [0.2, 0.25) is 0 Å². The van der Waals surface area contributed by atoms with Crippen molar-refractivity contribution in [2.75, 3.05) is 6.26 Å². The molecule has 5 heteroatoms. The minimum Gasteiger partial charge on any atom is -0.423 e. The number of ether oxygens (including phenoxy) is 1. The first-order valence-corrected chi connectivity index (χ1v) is 7.79. The van der Waals surface area contributed by atoms with Crippen LogP contribution in [0.2, 0.25) is 0 Å². The zero-order valence-electron chi connectivity index (χ0n) is 11.2. The molecule has 0 spiro atoms. The molecule has 104 valence electrons. The second-order valence-electron chi connectivity index (χ2n) is 4.55. The van der Waals surface area contributed by atoms with Crippen molar-refractivity contribution in [3.8, 4) is 5.75 Å². The molecule has 0 aliphatic rings. The van der Waals surface area contributed by atoms with Crippen LogP contribution in [0.25, 0.3) is 10.8 Å². The molecule has 0 atom stereocenters. The third kappa shape index (κ3) is 2.72. The van der Waals surface area contributed by atoms with E-state index in [4.69, 9.17) is 4.74 Å². The number of hydrogen-bond donors (Lipinski definition) is 0. The molecule has 20 heavy (non-hydrogen) atoms. The van der Waals surface area contributed by atoms with Gasteiger partial charge in [0.1, 0.15) is 5.75 Å². The lowest BCUT2D eigenvalue weighted by molar-refractivity contribution is -0.129. The molecule has 4 nitrogen and oxygen atoms in total. The molecule has 2 aromatic carbocycles. The molecule has 0 bridgehead atoms. The predicted octanol–water partition coefficient (Wildman–Crippen LogP) is 2.72. The Bertz CT molecular complexity index is 804. The van der Waals surface area contributed by atoms with E-state index in [-0.39, 0.29) is 10.5 Å². The maximum atomic E-state index is 11.8. The Labute approximate surface area is 117 Å². The molecule has 0 radical (unpaired) electrons. The van der Waals surface area contributed by atoms with Crippen molar-refractivity contribution in [1.82, 2.24) is 0 Å². The molecule has 0 unspecified atom stereocenters. The van der Waals surface area contributed by atoms with E-state index in [1.807, 2.05) is 0 Å². The summed E-state index contributed by atoms with van der Waals surface area (Å²) in [6.07, 6.45) is 1.15. The molecule has 0 aliphatic carbocycles. The van der Waals surface area contributed by atoms with Gasteiger partial charge in [0.05, 0.1) is 4.90 Å².